The Labute approximate surface area is 188 Å². The number of halogens is 2. The third kappa shape index (κ3) is 5.09. The van der Waals surface area contributed by atoms with Crippen LogP contribution in [0.2, 0.25) is 0 Å². The molecule has 2 aliphatic rings. The lowest BCUT2D eigenvalue weighted by Gasteiger charge is -2.34. The second-order valence-corrected chi connectivity index (χ2v) is 8.35. The van der Waals surface area contributed by atoms with Crippen LogP contribution in [0.4, 0.5) is 20.3 Å². The summed E-state index contributed by atoms with van der Waals surface area (Å²) < 4.78 is 28.3. The fourth-order valence-electron chi connectivity index (χ4n) is 4.31. The summed E-state index contributed by atoms with van der Waals surface area (Å²) in [6.07, 6.45) is 2.60. The van der Waals surface area contributed by atoms with Crippen molar-refractivity contribution in [1.29, 1.82) is 0 Å². The van der Waals surface area contributed by atoms with Gasteiger partial charge in [0.1, 0.15) is 23.1 Å². The van der Waals surface area contributed by atoms with Crippen molar-refractivity contribution < 1.29 is 8.78 Å². The predicted octanol–water partition coefficient (Wildman–Crippen LogP) is 2.06. The van der Waals surface area contributed by atoms with Crippen molar-refractivity contribution in [3.63, 3.8) is 0 Å². The average Bonchev–Trinajstić information content (AvgIpc) is 3.25. The number of para-hydroxylation sites is 1. The van der Waals surface area contributed by atoms with Crippen LogP contribution >= 0.6 is 0 Å². The first kappa shape index (κ1) is 22.3. The molecular formula is C23H31F2N7. The molecule has 2 aliphatic heterocycles. The molecule has 1 aromatic carbocycles. The molecule has 3 heterocycles. The van der Waals surface area contributed by atoms with Crippen LogP contribution in [-0.4, -0.2) is 75.2 Å². The van der Waals surface area contributed by atoms with E-state index in [0.717, 1.165) is 44.0 Å². The fraction of sp³-hybridized carbons (Fsp3) is 0.478. The summed E-state index contributed by atoms with van der Waals surface area (Å²) in [6, 6.07) is 8.06. The number of rotatable bonds is 5. The standard InChI is InChI=1S/C23H31F2N7/c1-26-23(29-18-8-10-32(16-18)21-19(24)6-3-7-20(21)25)28-15-17-5-4-9-27-22(17)31-13-11-30(2)12-14-31/h3-7,9,18H,8,10-16H2,1-2H3,(H2,26,28,29). The molecule has 1 aromatic heterocycles. The van der Waals surface area contributed by atoms with Crippen molar-refractivity contribution >= 4 is 17.5 Å². The molecule has 2 aromatic rings. The molecular weight excluding hydrogens is 412 g/mol. The Morgan fingerprint density at radius 2 is 1.81 bits per heavy atom. The first-order valence-electron chi connectivity index (χ1n) is 11.1. The topological polar surface area (TPSA) is 59.0 Å². The number of nitrogens with one attached hydrogen (secondary N) is 2. The number of hydrogen-bond acceptors (Lipinski definition) is 5. The van der Waals surface area contributed by atoms with Gasteiger partial charge < -0.3 is 25.3 Å². The zero-order valence-electron chi connectivity index (χ0n) is 18.7. The van der Waals surface area contributed by atoms with E-state index in [2.05, 4.69) is 43.5 Å². The lowest BCUT2D eigenvalue weighted by Crippen LogP contribution is -2.46. The molecule has 2 fully saturated rings. The van der Waals surface area contributed by atoms with Crippen LogP contribution in [0.5, 0.6) is 0 Å². The second kappa shape index (κ2) is 10.1. The molecule has 9 heteroatoms. The second-order valence-electron chi connectivity index (χ2n) is 8.35. The minimum absolute atomic E-state index is 0.0474. The Morgan fingerprint density at radius 3 is 2.53 bits per heavy atom. The van der Waals surface area contributed by atoms with Crippen molar-refractivity contribution in [1.82, 2.24) is 20.5 Å². The van der Waals surface area contributed by atoms with Gasteiger partial charge in [-0.25, -0.2) is 13.8 Å². The van der Waals surface area contributed by atoms with Gasteiger partial charge >= 0.3 is 0 Å². The summed E-state index contributed by atoms with van der Waals surface area (Å²) in [6.45, 7) is 5.64. The van der Waals surface area contributed by atoms with Gasteiger partial charge in [0.2, 0.25) is 0 Å². The Morgan fingerprint density at radius 1 is 1.06 bits per heavy atom. The van der Waals surface area contributed by atoms with Gasteiger partial charge in [0.15, 0.2) is 5.96 Å². The Kier molecular flexibility index (Phi) is 7.04. The van der Waals surface area contributed by atoms with Crippen LogP contribution in [0.15, 0.2) is 41.5 Å². The number of aliphatic imine (C=N–C) groups is 1. The van der Waals surface area contributed by atoms with Crippen LogP contribution in [0.3, 0.4) is 0 Å². The maximum atomic E-state index is 14.1. The van der Waals surface area contributed by atoms with E-state index in [-0.39, 0.29) is 11.7 Å². The van der Waals surface area contributed by atoms with Crippen LogP contribution in [0.25, 0.3) is 0 Å². The number of likely N-dealkylation sites (N-methyl/N-ethyl adjacent to an activating group) is 1. The van der Waals surface area contributed by atoms with Crippen molar-refractivity contribution in [2.24, 2.45) is 4.99 Å². The minimum atomic E-state index is -0.527. The summed E-state index contributed by atoms with van der Waals surface area (Å²) in [5.41, 5.74) is 1.16. The maximum absolute atomic E-state index is 14.1. The average molecular weight is 444 g/mol. The Hall–Kier alpha value is -2.94. The summed E-state index contributed by atoms with van der Waals surface area (Å²) in [4.78, 5) is 15.4. The van der Waals surface area contributed by atoms with Crippen LogP contribution < -0.4 is 20.4 Å². The van der Waals surface area contributed by atoms with Gasteiger partial charge in [0, 0.05) is 70.7 Å². The summed E-state index contributed by atoms with van der Waals surface area (Å²) in [5, 5.41) is 6.76. The van der Waals surface area contributed by atoms with E-state index < -0.39 is 11.6 Å². The van der Waals surface area contributed by atoms with Gasteiger partial charge in [-0.3, -0.25) is 4.99 Å². The number of anilines is 2. The largest absolute Gasteiger partial charge is 0.365 e. The zero-order valence-corrected chi connectivity index (χ0v) is 18.7. The first-order chi connectivity index (χ1) is 15.5. The highest BCUT2D eigenvalue weighted by Gasteiger charge is 2.27. The molecule has 7 nitrogen and oxygen atoms in total. The molecule has 1 atom stereocenters. The van der Waals surface area contributed by atoms with Crippen molar-refractivity contribution in [3.8, 4) is 0 Å². The highest BCUT2D eigenvalue weighted by Crippen LogP contribution is 2.26. The SMILES string of the molecule is CN=C(NCc1cccnc1N1CCN(C)CC1)NC1CCN(c2c(F)cccc2F)C1. The third-order valence-electron chi connectivity index (χ3n) is 6.12. The normalized spacial score (nSPS) is 20.0. The minimum Gasteiger partial charge on any atom is -0.365 e. The van der Waals surface area contributed by atoms with Gasteiger partial charge in [0.05, 0.1) is 0 Å². The molecule has 1 unspecified atom stereocenters. The lowest BCUT2D eigenvalue weighted by atomic mass is 10.2. The Balaban J connectivity index is 1.35. The third-order valence-corrected chi connectivity index (χ3v) is 6.12. The molecule has 0 saturated carbocycles. The van der Waals surface area contributed by atoms with E-state index in [1.165, 1.54) is 18.2 Å². The van der Waals surface area contributed by atoms with E-state index in [4.69, 9.17) is 0 Å². The van der Waals surface area contributed by atoms with E-state index in [0.29, 0.717) is 25.6 Å². The predicted molar refractivity (Wildman–Crippen MR) is 124 cm³/mol. The number of aromatic nitrogens is 1. The summed E-state index contributed by atoms with van der Waals surface area (Å²) in [7, 11) is 3.86. The Bertz CT molecular complexity index is 923. The van der Waals surface area contributed by atoms with Crippen LogP contribution in [0.1, 0.15) is 12.0 Å². The van der Waals surface area contributed by atoms with Crippen LogP contribution in [-0.2, 0) is 6.54 Å². The summed E-state index contributed by atoms with van der Waals surface area (Å²) in [5.74, 6) is 0.618. The molecule has 2 N–H and O–H groups in total. The molecule has 0 radical (unpaired) electrons. The van der Waals surface area contributed by atoms with Gasteiger partial charge in [-0.05, 0) is 31.7 Å². The molecule has 0 spiro atoms. The van der Waals surface area contributed by atoms with Crippen molar-refractivity contribution in [3.05, 3.63) is 53.7 Å². The number of piperazine rings is 1. The molecule has 4 rings (SSSR count). The summed E-state index contributed by atoms with van der Waals surface area (Å²) >= 11 is 0. The molecule has 172 valence electrons. The van der Waals surface area contributed by atoms with Crippen LogP contribution in [0, 0.1) is 11.6 Å². The molecule has 0 aliphatic carbocycles. The maximum Gasteiger partial charge on any atom is 0.191 e. The highest BCUT2D eigenvalue weighted by molar-refractivity contribution is 5.80. The zero-order chi connectivity index (χ0) is 22.5. The first-order valence-corrected chi connectivity index (χ1v) is 11.1. The molecule has 32 heavy (non-hydrogen) atoms. The van der Waals surface area contributed by atoms with Crippen molar-refractivity contribution in [2.45, 2.75) is 19.0 Å². The smallest absolute Gasteiger partial charge is 0.191 e. The van der Waals surface area contributed by atoms with Gasteiger partial charge in [-0.2, -0.15) is 0 Å². The van der Waals surface area contributed by atoms with E-state index in [9.17, 15) is 8.78 Å². The van der Waals surface area contributed by atoms with Gasteiger partial charge in [-0.1, -0.05) is 12.1 Å². The molecule has 2 saturated heterocycles. The van der Waals surface area contributed by atoms with E-state index >= 15 is 0 Å². The van der Waals surface area contributed by atoms with Gasteiger partial charge in [0.25, 0.3) is 0 Å². The quantitative estimate of drug-likeness (QED) is 0.545. The van der Waals surface area contributed by atoms with E-state index in [1.807, 2.05) is 12.3 Å². The highest BCUT2D eigenvalue weighted by atomic mass is 19.1. The fourth-order valence-corrected chi connectivity index (χ4v) is 4.31. The van der Waals surface area contributed by atoms with Crippen molar-refractivity contribution in [2.75, 3.05) is 63.2 Å². The molecule has 0 amide bonds. The van der Waals surface area contributed by atoms with Gasteiger partial charge in [-0.15, -0.1) is 0 Å². The number of benzene rings is 1. The lowest BCUT2D eigenvalue weighted by molar-refractivity contribution is 0.312. The number of nitrogens with zero attached hydrogens (tertiary/aromatic N) is 5. The number of guanidine groups is 1. The number of hydrogen-bond donors (Lipinski definition) is 2. The molecule has 0 bridgehead atoms. The number of pyridine rings is 1. The van der Waals surface area contributed by atoms with E-state index in [1.54, 1.807) is 11.9 Å². The monoisotopic (exact) mass is 443 g/mol.